The first kappa shape index (κ1) is 14.8. The molecule has 0 amide bonds. The van der Waals surface area contributed by atoms with E-state index in [4.69, 9.17) is 15.2 Å². The molecular weight excluding hydrogens is 226 g/mol. The van der Waals surface area contributed by atoms with Gasteiger partial charge in [0.2, 0.25) is 0 Å². The van der Waals surface area contributed by atoms with Crippen LogP contribution in [0, 0.1) is 11.8 Å². The molecular formula is C15H25NO2. The quantitative estimate of drug-likeness (QED) is 0.809. The molecule has 0 aliphatic heterocycles. The molecule has 1 unspecified atom stereocenters. The molecule has 1 aromatic rings. The van der Waals surface area contributed by atoms with Crippen LogP contribution in [0.4, 0.5) is 0 Å². The molecule has 102 valence electrons. The van der Waals surface area contributed by atoms with E-state index < -0.39 is 0 Å². The highest BCUT2D eigenvalue weighted by molar-refractivity contribution is 5.42. The molecule has 0 radical (unpaired) electrons. The fourth-order valence-electron chi connectivity index (χ4n) is 2.06. The zero-order valence-corrected chi connectivity index (χ0v) is 11.9. The molecule has 0 spiro atoms. The molecule has 0 aromatic heterocycles. The first-order valence-corrected chi connectivity index (χ1v) is 6.56. The van der Waals surface area contributed by atoms with Gasteiger partial charge in [-0.25, -0.2) is 0 Å². The summed E-state index contributed by atoms with van der Waals surface area (Å²) in [6.07, 6.45) is 1.17. The minimum atomic E-state index is 0.514. The Labute approximate surface area is 110 Å². The molecule has 0 heterocycles. The van der Waals surface area contributed by atoms with Gasteiger partial charge in [-0.15, -0.1) is 0 Å². The normalized spacial score (nSPS) is 12.6. The summed E-state index contributed by atoms with van der Waals surface area (Å²) in [5, 5.41) is 0. The van der Waals surface area contributed by atoms with Gasteiger partial charge in [-0.2, -0.15) is 0 Å². The molecule has 0 aliphatic carbocycles. The fourth-order valence-corrected chi connectivity index (χ4v) is 2.06. The maximum absolute atomic E-state index is 5.82. The Morgan fingerprint density at radius 1 is 1.17 bits per heavy atom. The fraction of sp³-hybridized carbons (Fsp3) is 0.600. The summed E-state index contributed by atoms with van der Waals surface area (Å²) in [6.45, 7) is 7.90. The first-order chi connectivity index (χ1) is 8.56. The van der Waals surface area contributed by atoms with Crippen molar-refractivity contribution in [2.75, 3.05) is 13.7 Å². The monoisotopic (exact) mass is 251 g/mol. The average Bonchev–Trinajstić information content (AvgIpc) is 2.35. The molecule has 1 atom stereocenters. The second kappa shape index (κ2) is 7.27. The summed E-state index contributed by atoms with van der Waals surface area (Å²) in [6, 6.07) is 5.84. The number of hydrogen-bond acceptors (Lipinski definition) is 3. The van der Waals surface area contributed by atoms with Gasteiger partial charge < -0.3 is 15.2 Å². The van der Waals surface area contributed by atoms with Crippen molar-refractivity contribution in [3.63, 3.8) is 0 Å². The lowest BCUT2D eigenvalue weighted by atomic mass is 10.00. The Morgan fingerprint density at radius 3 is 2.44 bits per heavy atom. The summed E-state index contributed by atoms with van der Waals surface area (Å²) in [7, 11) is 1.65. The third-order valence-electron chi connectivity index (χ3n) is 2.86. The minimum absolute atomic E-state index is 0.514. The van der Waals surface area contributed by atoms with Crippen LogP contribution in [0.15, 0.2) is 18.2 Å². The van der Waals surface area contributed by atoms with Gasteiger partial charge in [-0.3, -0.25) is 0 Å². The standard InChI is InChI=1S/C15H25NO2/c1-11(2)7-12(3)10-18-14-6-5-13(9-16)8-15(14)17-4/h5-6,8,11-12H,7,9-10,16H2,1-4H3. The molecule has 18 heavy (non-hydrogen) atoms. The van der Waals surface area contributed by atoms with Gasteiger partial charge in [0, 0.05) is 6.54 Å². The van der Waals surface area contributed by atoms with E-state index >= 15 is 0 Å². The van der Waals surface area contributed by atoms with Crippen LogP contribution in [0.3, 0.4) is 0 Å². The molecule has 3 heteroatoms. The van der Waals surface area contributed by atoms with E-state index in [0.29, 0.717) is 18.4 Å². The third-order valence-corrected chi connectivity index (χ3v) is 2.86. The Kier molecular flexibility index (Phi) is 5.99. The van der Waals surface area contributed by atoms with Crippen LogP contribution in [-0.2, 0) is 6.54 Å². The summed E-state index contributed by atoms with van der Waals surface area (Å²) in [5.41, 5.74) is 6.65. The molecule has 1 rings (SSSR count). The van der Waals surface area contributed by atoms with Gasteiger partial charge >= 0.3 is 0 Å². The van der Waals surface area contributed by atoms with Crippen LogP contribution in [0.1, 0.15) is 32.8 Å². The highest BCUT2D eigenvalue weighted by atomic mass is 16.5. The van der Waals surface area contributed by atoms with E-state index in [-0.39, 0.29) is 0 Å². The Balaban J connectivity index is 2.61. The van der Waals surface area contributed by atoms with Crippen molar-refractivity contribution >= 4 is 0 Å². The minimum Gasteiger partial charge on any atom is -0.493 e. The number of methoxy groups -OCH3 is 1. The van der Waals surface area contributed by atoms with Crippen LogP contribution in [0.5, 0.6) is 11.5 Å². The molecule has 3 nitrogen and oxygen atoms in total. The van der Waals surface area contributed by atoms with E-state index in [0.717, 1.165) is 23.7 Å². The van der Waals surface area contributed by atoms with Gasteiger partial charge in [0.25, 0.3) is 0 Å². The van der Waals surface area contributed by atoms with Crippen LogP contribution < -0.4 is 15.2 Å². The van der Waals surface area contributed by atoms with E-state index in [2.05, 4.69) is 20.8 Å². The maximum Gasteiger partial charge on any atom is 0.161 e. The SMILES string of the molecule is COc1cc(CN)ccc1OCC(C)CC(C)C. The number of benzene rings is 1. The lowest BCUT2D eigenvalue weighted by molar-refractivity contribution is 0.229. The highest BCUT2D eigenvalue weighted by Crippen LogP contribution is 2.28. The van der Waals surface area contributed by atoms with E-state index in [9.17, 15) is 0 Å². The number of rotatable bonds is 7. The Hall–Kier alpha value is -1.22. The van der Waals surface area contributed by atoms with Crippen molar-refractivity contribution in [2.24, 2.45) is 17.6 Å². The van der Waals surface area contributed by atoms with E-state index in [1.807, 2.05) is 18.2 Å². The zero-order valence-electron chi connectivity index (χ0n) is 11.9. The van der Waals surface area contributed by atoms with Crippen molar-refractivity contribution in [3.8, 4) is 11.5 Å². The van der Waals surface area contributed by atoms with Crippen LogP contribution in [0.25, 0.3) is 0 Å². The molecule has 0 aliphatic rings. The Morgan fingerprint density at radius 2 is 1.89 bits per heavy atom. The molecule has 0 saturated heterocycles. The van der Waals surface area contributed by atoms with E-state index in [1.165, 1.54) is 6.42 Å². The Bertz CT molecular complexity index is 364. The predicted molar refractivity (Wildman–Crippen MR) is 75.0 cm³/mol. The van der Waals surface area contributed by atoms with Crippen molar-refractivity contribution < 1.29 is 9.47 Å². The molecule has 1 aromatic carbocycles. The molecule has 0 bridgehead atoms. The number of ether oxygens (including phenoxy) is 2. The summed E-state index contributed by atoms with van der Waals surface area (Å²) >= 11 is 0. The van der Waals surface area contributed by atoms with Gasteiger partial charge in [-0.05, 0) is 36.0 Å². The zero-order chi connectivity index (χ0) is 13.5. The van der Waals surface area contributed by atoms with Crippen molar-refractivity contribution in [3.05, 3.63) is 23.8 Å². The number of nitrogens with two attached hydrogens (primary N) is 1. The summed E-state index contributed by atoms with van der Waals surface area (Å²) in [4.78, 5) is 0. The van der Waals surface area contributed by atoms with Crippen LogP contribution in [-0.4, -0.2) is 13.7 Å². The summed E-state index contributed by atoms with van der Waals surface area (Å²) < 4.78 is 11.1. The van der Waals surface area contributed by atoms with Gasteiger partial charge in [0.15, 0.2) is 11.5 Å². The van der Waals surface area contributed by atoms with Gasteiger partial charge in [0.1, 0.15) is 0 Å². The average molecular weight is 251 g/mol. The van der Waals surface area contributed by atoms with Gasteiger partial charge in [-0.1, -0.05) is 26.8 Å². The predicted octanol–water partition coefficient (Wildman–Crippen LogP) is 3.21. The first-order valence-electron chi connectivity index (χ1n) is 6.56. The second-order valence-corrected chi connectivity index (χ2v) is 5.24. The summed E-state index contributed by atoms with van der Waals surface area (Å²) in [5.74, 6) is 2.80. The van der Waals surface area contributed by atoms with Crippen molar-refractivity contribution in [1.29, 1.82) is 0 Å². The highest BCUT2D eigenvalue weighted by Gasteiger charge is 2.09. The third kappa shape index (κ3) is 4.57. The topological polar surface area (TPSA) is 44.5 Å². The maximum atomic E-state index is 5.82. The van der Waals surface area contributed by atoms with Crippen LogP contribution in [0.2, 0.25) is 0 Å². The lowest BCUT2D eigenvalue weighted by Gasteiger charge is -2.17. The largest absolute Gasteiger partial charge is 0.493 e. The lowest BCUT2D eigenvalue weighted by Crippen LogP contribution is -2.11. The van der Waals surface area contributed by atoms with Crippen molar-refractivity contribution in [1.82, 2.24) is 0 Å². The van der Waals surface area contributed by atoms with Crippen molar-refractivity contribution in [2.45, 2.75) is 33.7 Å². The second-order valence-electron chi connectivity index (χ2n) is 5.24. The molecule has 2 N–H and O–H groups in total. The van der Waals surface area contributed by atoms with Gasteiger partial charge in [0.05, 0.1) is 13.7 Å². The molecule has 0 fully saturated rings. The van der Waals surface area contributed by atoms with E-state index in [1.54, 1.807) is 7.11 Å². The number of hydrogen-bond donors (Lipinski definition) is 1. The smallest absolute Gasteiger partial charge is 0.161 e. The molecule has 0 saturated carbocycles. The van der Waals surface area contributed by atoms with Crippen LogP contribution >= 0.6 is 0 Å².